The van der Waals surface area contributed by atoms with Gasteiger partial charge < -0.3 is 16.5 Å². The molecule has 5 N–H and O–H groups in total. The van der Waals surface area contributed by atoms with Crippen molar-refractivity contribution in [3.63, 3.8) is 0 Å². The molecule has 1 unspecified atom stereocenters. The molecule has 4 rings (SSSR count). The van der Waals surface area contributed by atoms with E-state index in [0.717, 1.165) is 25.1 Å². The zero-order chi connectivity index (χ0) is 18.3. The van der Waals surface area contributed by atoms with Crippen molar-refractivity contribution in [3.8, 4) is 11.4 Å². The molecule has 0 saturated carbocycles. The number of halogens is 1. The van der Waals surface area contributed by atoms with Gasteiger partial charge in [0.1, 0.15) is 17.2 Å². The van der Waals surface area contributed by atoms with E-state index in [1.807, 2.05) is 6.07 Å². The van der Waals surface area contributed by atoms with E-state index in [4.69, 9.17) is 11.5 Å². The molecule has 1 aliphatic heterocycles. The van der Waals surface area contributed by atoms with Crippen LogP contribution in [0.5, 0.6) is 0 Å². The molecule has 0 aliphatic carbocycles. The van der Waals surface area contributed by atoms with Gasteiger partial charge in [-0.25, -0.2) is 9.37 Å². The van der Waals surface area contributed by atoms with Crippen molar-refractivity contribution in [2.24, 2.45) is 11.5 Å². The predicted molar refractivity (Wildman–Crippen MR) is 97.9 cm³/mol. The van der Waals surface area contributed by atoms with Gasteiger partial charge in [-0.3, -0.25) is 9.69 Å². The number of rotatable bonds is 4. The first kappa shape index (κ1) is 16.7. The summed E-state index contributed by atoms with van der Waals surface area (Å²) >= 11 is 0. The number of nitrogens with one attached hydrogen (secondary N) is 1. The van der Waals surface area contributed by atoms with Crippen LogP contribution in [0.4, 0.5) is 4.39 Å². The SMILES string of the molecule is NC(=O)c1cccc2[nH]c(-c3ccc(CN4CCC(N)C4)cc3F)nc12. The van der Waals surface area contributed by atoms with Gasteiger partial charge in [0.15, 0.2) is 0 Å². The van der Waals surface area contributed by atoms with E-state index in [-0.39, 0.29) is 11.9 Å². The summed E-state index contributed by atoms with van der Waals surface area (Å²) in [6.45, 7) is 2.45. The predicted octanol–water partition coefficient (Wildman–Crippen LogP) is 2.00. The lowest BCUT2D eigenvalue weighted by Crippen LogP contribution is -2.26. The topological polar surface area (TPSA) is 101 Å². The molecule has 7 heteroatoms. The Balaban J connectivity index is 1.64. The molecule has 2 heterocycles. The number of nitrogens with two attached hydrogens (primary N) is 2. The average Bonchev–Trinajstić information content (AvgIpc) is 3.20. The molecule has 1 fully saturated rings. The standard InChI is InChI=1S/C19H20FN5O/c20-15-8-11(9-25-7-6-12(21)10-25)4-5-13(15)19-23-16-3-1-2-14(18(22)26)17(16)24-19/h1-5,8,12H,6-7,9-10,21H2,(H2,22,26)(H,23,24). The number of hydrogen-bond acceptors (Lipinski definition) is 4. The summed E-state index contributed by atoms with van der Waals surface area (Å²) in [4.78, 5) is 21.2. The fourth-order valence-electron chi connectivity index (χ4n) is 3.47. The zero-order valence-corrected chi connectivity index (χ0v) is 14.2. The van der Waals surface area contributed by atoms with Crippen LogP contribution in [0, 0.1) is 5.82 Å². The molecule has 1 aliphatic rings. The highest BCUT2D eigenvalue weighted by Crippen LogP contribution is 2.26. The number of carbonyl (C=O) groups is 1. The lowest BCUT2D eigenvalue weighted by molar-refractivity contribution is 0.100. The summed E-state index contributed by atoms with van der Waals surface area (Å²) in [5.74, 6) is -0.542. The van der Waals surface area contributed by atoms with Crippen LogP contribution in [-0.4, -0.2) is 39.9 Å². The second-order valence-electron chi connectivity index (χ2n) is 6.75. The van der Waals surface area contributed by atoms with Crippen LogP contribution in [0.15, 0.2) is 36.4 Å². The minimum atomic E-state index is -0.562. The molecule has 0 radical (unpaired) electrons. The van der Waals surface area contributed by atoms with Crippen molar-refractivity contribution in [1.29, 1.82) is 0 Å². The fourth-order valence-corrected chi connectivity index (χ4v) is 3.47. The maximum absolute atomic E-state index is 14.7. The number of carbonyl (C=O) groups excluding carboxylic acids is 1. The molecular formula is C19H20FN5O. The van der Waals surface area contributed by atoms with Crippen molar-refractivity contribution >= 4 is 16.9 Å². The van der Waals surface area contributed by atoms with Crippen LogP contribution in [0.1, 0.15) is 22.3 Å². The second-order valence-corrected chi connectivity index (χ2v) is 6.75. The number of H-pyrrole nitrogens is 1. The summed E-state index contributed by atoms with van der Waals surface area (Å²) in [6, 6.07) is 10.4. The van der Waals surface area contributed by atoms with Crippen LogP contribution >= 0.6 is 0 Å². The van der Waals surface area contributed by atoms with Crippen molar-refractivity contribution in [1.82, 2.24) is 14.9 Å². The third kappa shape index (κ3) is 3.07. The average molecular weight is 353 g/mol. The van der Waals surface area contributed by atoms with E-state index in [0.29, 0.717) is 34.5 Å². The molecule has 2 aromatic carbocycles. The highest BCUT2D eigenvalue weighted by Gasteiger charge is 2.20. The van der Waals surface area contributed by atoms with Crippen molar-refractivity contribution in [3.05, 3.63) is 53.3 Å². The molecule has 0 bridgehead atoms. The number of aromatic nitrogens is 2. The minimum Gasteiger partial charge on any atom is -0.366 e. The van der Waals surface area contributed by atoms with Crippen molar-refractivity contribution in [2.75, 3.05) is 13.1 Å². The summed E-state index contributed by atoms with van der Waals surface area (Å²) in [6.07, 6.45) is 0.974. The number of amides is 1. The number of aromatic amines is 1. The lowest BCUT2D eigenvalue weighted by Gasteiger charge is -2.15. The Morgan fingerprint density at radius 2 is 2.19 bits per heavy atom. The molecule has 6 nitrogen and oxygen atoms in total. The first-order valence-corrected chi connectivity index (χ1v) is 8.56. The monoisotopic (exact) mass is 353 g/mol. The Kier molecular flexibility index (Phi) is 4.18. The summed E-state index contributed by atoms with van der Waals surface area (Å²) in [5.41, 5.74) is 14.0. The minimum absolute atomic E-state index is 0.203. The summed E-state index contributed by atoms with van der Waals surface area (Å²) in [7, 11) is 0. The number of para-hydroxylation sites is 1. The molecule has 1 amide bonds. The number of primary amides is 1. The van der Waals surface area contributed by atoms with E-state index in [2.05, 4.69) is 14.9 Å². The maximum Gasteiger partial charge on any atom is 0.250 e. The van der Waals surface area contributed by atoms with Gasteiger partial charge in [-0.15, -0.1) is 0 Å². The van der Waals surface area contributed by atoms with E-state index < -0.39 is 5.91 Å². The largest absolute Gasteiger partial charge is 0.366 e. The van der Waals surface area contributed by atoms with Crippen molar-refractivity contribution < 1.29 is 9.18 Å². The highest BCUT2D eigenvalue weighted by molar-refractivity contribution is 6.04. The van der Waals surface area contributed by atoms with Gasteiger partial charge in [0.05, 0.1) is 16.6 Å². The molecule has 26 heavy (non-hydrogen) atoms. The fraction of sp³-hybridized carbons (Fsp3) is 0.263. The molecule has 3 aromatic rings. The third-order valence-electron chi connectivity index (χ3n) is 4.78. The first-order valence-electron chi connectivity index (χ1n) is 8.56. The Labute approximate surface area is 150 Å². The number of hydrogen-bond donors (Lipinski definition) is 3. The van der Waals surface area contributed by atoms with Crippen LogP contribution < -0.4 is 11.5 Å². The summed E-state index contributed by atoms with van der Waals surface area (Å²) < 4.78 is 14.7. The van der Waals surface area contributed by atoms with Gasteiger partial charge in [-0.05, 0) is 36.2 Å². The van der Waals surface area contributed by atoms with E-state index >= 15 is 0 Å². The Morgan fingerprint density at radius 3 is 2.88 bits per heavy atom. The van der Waals surface area contributed by atoms with E-state index in [1.165, 1.54) is 6.07 Å². The molecule has 134 valence electrons. The quantitative estimate of drug-likeness (QED) is 0.668. The van der Waals surface area contributed by atoms with Crippen LogP contribution in [0.3, 0.4) is 0 Å². The van der Waals surface area contributed by atoms with Crippen LogP contribution in [-0.2, 0) is 6.54 Å². The number of nitrogens with zero attached hydrogens (tertiary/aromatic N) is 2. The van der Waals surface area contributed by atoms with Gasteiger partial charge in [0, 0.05) is 25.7 Å². The van der Waals surface area contributed by atoms with E-state index in [1.54, 1.807) is 24.3 Å². The normalized spacial score (nSPS) is 17.8. The van der Waals surface area contributed by atoms with Crippen molar-refractivity contribution in [2.45, 2.75) is 19.0 Å². The molecular weight excluding hydrogens is 333 g/mol. The lowest BCUT2D eigenvalue weighted by atomic mass is 10.1. The van der Waals surface area contributed by atoms with Gasteiger partial charge in [-0.2, -0.15) is 0 Å². The Morgan fingerprint density at radius 1 is 1.35 bits per heavy atom. The first-order chi connectivity index (χ1) is 12.5. The van der Waals surface area contributed by atoms with Gasteiger partial charge in [-0.1, -0.05) is 12.1 Å². The zero-order valence-electron chi connectivity index (χ0n) is 14.2. The van der Waals surface area contributed by atoms with Gasteiger partial charge in [0.2, 0.25) is 0 Å². The molecule has 0 spiro atoms. The van der Waals surface area contributed by atoms with Gasteiger partial charge in [0.25, 0.3) is 5.91 Å². The Bertz CT molecular complexity index is 983. The highest BCUT2D eigenvalue weighted by atomic mass is 19.1. The second kappa shape index (κ2) is 6.51. The Hall–Kier alpha value is -2.77. The smallest absolute Gasteiger partial charge is 0.250 e. The van der Waals surface area contributed by atoms with E-state index in [9.17, 15) is 9.18 Å². The number of benzene rings is 2. The number of likely N-dealkylation sites (tertiary alicyclic amines) is 1. The van der Waals surface area contributed by atoms with Crippen LogP contribution in [0.25, 0.3) is 22.4 Å². The number of imidazole rings is 1. The maximum atomic E-state index is 14.7. The molecule has 1 atom stereocenters. The molecule has 1 aromatic heterocycles. The van der Waals surface area contributed by atoms with Gasteiger partial charge >= 0.3 is 0 Å². The molecule has 1 saturated heterocycles. The summed E-state index contributed by atoms with van der Waals surface area (Å²) in [5, 5.41) is 0. The number of fused-ring (bicyclic) bond motifs is 1. The van der Waals surface area contributed by atoms with Crippen LogP contribution in [0.2, 0.25) is 0 Å². The third-order valence-corrected chi connectivity index (χ3v) is 4.78.